The van der Waals surface area contributed by atoms with Crippen LogP contribution < -0.4 is 0 Å². The summed E-state index contributed by atoms with van der Waals surface area (Å²) in [5.74, 6) is 0.831. The first kappa shape index (κ1) is 13.8. The first-order valence-corrected chi connectivity index (χ1v) is 6.73. The molecule has 0 aromatic heterocycles. The number of carboxylic acids is 1. The van der Waals surface area contributed by atoms with Crippen molar-refractivity contribution in [1.82, 2.24) is 4.90 Å². The maximum Gasteiger partial charge on any atom is 0.328 e. The average Bonchev–Trinajstić information content (AvgIpc) is 3.02. The molecule has 1 aliphatic rings. The van der Waals surface area contributed by atoms with Crippen LogP contribution >= 0.6 is 0 Å². The highest BCUT2D eigenvalue weighted by molar-refractivity contribution is 5.85. The molecule has 0 radical (unpaired) electrons. The Balaban J connectivity index is 1.92. The number of aliphatic carboxylic acids is 1. The lowest BCUT2D eigenvalue weighted by Crippen LogP contribution is -2.20. The SMILES string of the molecule is CC1CC1CN(C)Cc1cccc(C=CC(=O)O)c1. The van der Waals surface area contributed by atoms with Crippen molar-refractivity contribution >= 4 is 12.0 Å². The molecule has 1 saturated carbocycles. The number of nitrogens with zero attached hydrogens (tertiary/aromatic N) is 1. The predicted molar refractivity (Wildman–Crippen MR) is 76.7 cm³/mol. The van der Waals surface area contributed by atoms with E-state index in [-0.39, 0.29) is 0 Å². The van der Waals surface area contributed by atoms with Crippen molar-refractivity contribution in [2.75, 3.05) is 13.6 Å². The molecule has 1 N–H and O–H groups in total. The van der Waals surface area contributed by atoms with Crippen LogP contribution in [0.4, 0.5) is 0 Å². The Labute approximate surface area is 114 Å². The summed E-state index contributed by atoms with van der Waals surface area (Å²) in [6.07, 6.45) is 4.16. The molecule has 0 spiro atoms. The van der Waals surface area contributed by atoms with Gasteiger partial charge in [0.05, 0.1) is 0 Å². The van der Waals surface area contributed by atoms with Gasteiger partial charge in [-0.05, 0) is 42.5 Å². The Hall–Kier alpha value is -1.61. The normalized spacial score (nSPS) is 22.1. The third-order valence-electron chi connectivity index (χ3n) is 3.64. The Morgan fingerprint density at radius 2 is 2.26 bits per heavy atom. The van der Waals surface area contributed by atoms with E-state index in [0.717, 1.165) is 30.5 Å². The van der Waals surface area contributed by atoms with Gasteiger partial charge < -0.3 is 10.0 Å². The van der Waals surface area contributed by atoms with Gasteiger partial charge in [0.1, 0.15) is 0 Å². The number of benzene rings is 1. The van der Waals surface area contributed by atoms with Crippen LogP contribution in [-0.2, 0) is 11.3 Å². The fraction of sp³-hybridized carbons (Fsp3) is 0.438. The molecule has 19 heavy (non-hydrogen) atoms. The Morgan fingerprint density at radius 3 is 2.89 bits per heavy atom. The highest BCUT2D eigenvalue weighted by atomic mass is 16.4. The Bertz CT molecular complexity index is 481. The second kappa shape index (κ2) is 6.02. The summed E-state index contributed by atoms with van der Waals surface area (Å²) in [7, 11) is 2.14. The molecule has 0 bridgehead atoms. The highest BCUT2D eigenvalue weighted by Crippen LogP contribution is 2.38. The van der Waals surface area contributed by atoms with Crippen molar-refractivity contribution in [3.8, 4) is 0 Å². The molecule has 2 rings (SSSR count). The van der Waals surface area contributed by atoms with Crippen LogP contribution in [0, 0.1) is 11.8 Å². The summed E-state index contributed by atoms with van der Waals surface area (Å²) in [5, 5.41) is 8.63. The van der Waals surface area contributed by atoms with Crippen molar-refractivity contribution in [2.24, 2.45) is 11.8 Å². The topological polar surface area (TPSA) is 40.5 Å². The second-order valence-electron chi connectivity index (χ2n) is 5.59. The maximum absolute atomic E-state index is 10.5. The van der Waals surface area contributed by atoms with E-state index in [1.807, 2.05) is 18.2 Å². The number of carbonyl (C=O) groups is 1. The van der Waals surface area contributed by atoms with E-state index >= 15 is 0 Å². The van der Waals surface area contributed by atoms with E-state index in [9.17, 15) is 4.79 Å². The van der Waals surface area contributed by atoms with Gasteiger partial charge in [-0.2, -0.15) is 0 Å². The molecule has 1 aromatic carbocycles. The lowest BCUT2D eigenvalue weighted by Gasteiger charge is -2.16. The minimum absolute atomic E-state index is 0.861. The number of hydrogen-bond donors (Lipinski definition) is 1. The smallest absolute Gasteiger partial charge is 0.328 e. The zero-order chi connectivity index (χ0) is 13.8. The van der Waals surface area contributed by atoms with Crippen LogP contribution in [-0.4, -0.2) is 29.6 Å². The molecule has 0 aliphatic heterocycles. The average molecular weight is 259 g/mol. The van der Waals surface area contributed by atoms with Gasteiger partial charge in [0.25, 0.3) is 0 Å². The van der Waals surface area contributed by atoms with Crippen molar-refractivity contribution in [1.29, 1.82) is 0 Å². The molecule has 2 unspecified atom stereocenters. The predicted octanol–water partition coefficient (Wildman–Crippen LogP) is 2.87. The molecule has 102 valence electrons. The van der Waals surface area contributed by atoms with Crippen molar-refractivity contribution in [3.05, 3.63) is 41.5 Å². The molecule has 2 atom stereocenters. The largest absolute Gasteiger partial charge is 0.478 e. The minimum atomic E-state index is -0.912. The fourth-order valence-electron chi connectivity index (χ4n) is 2.39. The monoisotopic (exact) mass is 259 g/mol. The Morgan fingerprint density at radius 1 is 1.53 bits per heavy atom. The number of carboxylic acid groups (broad SMARTS) is 1. The molecule has 0 heterocycles. The van der Waals surface area contributed by atoms with Gasteiger partial charge in [-0.25, -0.2) is 4.79 Å². The van der Waals surface area contributed by atoms with Crippen LogP contribution in [0.3, 0.4) is 0 Å². The van der Waals surface area contributed by atoms with Gasteiger partial charge in [0, 0.05) is 19.2 Å². The summed E-state index contributed by atoms with van der Waals surface area (Å²) < 4.78 is 0. The van der Waals surface area contributed by atoms with E-state index in [0.29, 0.717) is 0 Å². The standard InChI is InChI=1S/C16H21NO2/c1-12-8-15(12)11-17(2)10-14-5-3-4-13(9-14)6-7-16(18)19/h3-7,9,12,15H,8,10-11H2,1-2H3,(H,18,19). The lowest BCUT2D eigenvalue weighted by molar-refractivity contribution is -0.131. The summed E-state index contributed by atoms with van der Waals surface area (Å²) >= 11 is 0. The molecule has 0 saturated heterocycles. The van der Waals surface area contributed by atoms with Gasteiger partial charge in [0.2, 0.25) is 0 Å². The second-order valence-corrected chi connectivity index (χ2v) is 5.59. The van der Waals surface area contributed by atoms with E-state index in [1.165, 1.54) is 18.1 Å². The molecule has 1 fully saturated rings. The van der Waals surface area contributed by atoms with Crippen molar-refractivity contribution in [2.45, 2.75) is 19.9 Å². The third kappa shape index (κ3) is 4.52. The molecule has 3 heteroatoms. The van der Waals surface area contributed by atoms with Gasteiger partial charge in [-0.3, -0.25) is 0 Å². The van der Waals surface area contributed by atoms with Gasteiger partial charge >= 0.3 is 5.97 Å². The molecule has 1 aromatic rings. The number of rotatable bonds is 6. The first-order chi connectivity index (χ1) is 9.04. The third-order valence-corrected chi connectivity index (χ3v) is 3.64. The quantitative estimate of drug-likeness (QED) is 0.799. The van der Waals surface area contributed by atoms with Crippen molar-refractivity contribution in [3.63, 3.8) is 0 Å². The van der Waals surface area contributed by atoms with Gasteiger partial charge in [0.15, 0.2) is 0 Å². The highest BCUT2D eigenvalue weighted by Gasteiger charge is 2.32. The summed E-state index contributed by atoms with van der Waals surface area (Å²) in [6, 6.07) is 8.04. The zero-order valence-corrected chi connectivity index (χ0v) is 11.5. The van der Waals surface area contributed by atoms with E-state index in [4.69, 9.17) is 5.11 Å². The lowest BCUT2D eigenvalue weighted by atomic mass is 10.1. The summed E-state index contributed by atoms with van der Waals surface area (Å²) in [6.45, 7) is 4.37. The van der Waals surface area contributed by atoms with Crippen LogP contribution in [0.2, 0.25) is 0 Å². The minimum Gasteiger partial charge on any atom is -0.478 e. The Kier molecular flexibility index (Phi) is 4.38. The van der Waals surface area contributed by atoms with Crippen molar-refractivity contribution < 1.29 is 9.90 Å². The zero-order valence-electron chi connectivity index (χ0n) is 11.5. The maximum atomic E-state index is 10.5. The van der Waals surface area contributed by atoms with E-state index in [1.54, 1.807) is 6.08 Å². The van der Waals surface area contributed by atoms with E-state index in [2.05, 4.69) is 24.9 Å². The van der Waals surface area contributed by atoms with Crippen LogP contribution in [0.5, 0.6) is 0 Å². The molecule has 3 nitrogen and oxygen atoms in total. The fourth-order valence-corrected chi connectivity index (χ4v) is 2.39. The van der Waals surface area contributed by atoms with Crippen LogP contribution in [0.1, 0.15) is 24.5 Å². The summed E-state index contributed by atoms with van der Waals surface area (Å²) in [5.41, 5.74) is 2.16. The van der Waals surface area contributed by atoms with Gasteiger partial charge in [-0.15, -0.1) is 0 Å². The molecular weight excluding hydrogens is 238 g/mol. The van der Waals surface area contributed by atoms with Crippen LogP contribution in [0.25, 0.3) is 6.08 Å². The summed E-state index contributed by atoms with van der Waals surface area (Å²) in [4.78, 5) is 12.8. The van der Waals surface area contributed by atoms with Crippen LogP contribution in [0.15, 0.2) is 30.3 Å². The molecule has 0 amide bonds. The molecular formula is C16H21NO2. The molecule has 1 aliphatic carbocycles. The van der Waals surface area contributed by atoms with Gasteiger partial charge in [-0.1, -0.05) is 31.2 Å². The van der Waals surface area contributed by atoms with E-state index < -0.39 is 5.97 Å². The first-order valence-electron chi connectivity index (χ1n) is 6.73. The number of hydrogen-bond acceptors (Lipinski definition) is 2.